The molecule has 2 aliphatic rings. The van der Waals surface area contributed by atoms with Crippen LogP contribution in [0.3, 0.4) is 0 Å². The van der Waals surface area contributed by atoms with Crippen molar-refractivity contribution in [3.05, 3.63) is 83.4 Å². The fraction of sp³-hybridized carbons (Fsp3) is 0.286. The zero-order chi connectivity index (χ0) is 24.7. The number of carbonyl (C=O) groups excluding carboxylic acids is 2. The van der Waals surface area contributed by atoms with E-state index in [0.29, 0.717) is 34.9 Å². The van der Waals surface area contributed by atoms with Gasteiger partial charge in [0, 0.05) is 29.3 Å². The van der Waals surface area contributed by atoms with Gasteiger partial charge < -0.3 is 14.2 Å². The first-order valence-electron chi connectivity index (χ1n) is 11.7. The molecule has 0 unspecified atom stereocenters. The second kappa shape index (κ2) is 8.65. The van der Waals surface area contributed by atoms with Gasteiger partial charge in [-0.15, -0.1) is 0 Å². The summed E-state index contributed by atoms with van der Waals surface area (Å²) in [4.78, 5) is 31.1. The van der Waals surface area contributed by atoms with E-state index >= 15 is 0 Å². The van der Waals surface area contributed by atoms with Crippen molar-refractivity contribution in [1.82, 2.24) is 4.90 Å². The fourth-order valence-corrected chi connectivity index (χ4v) is 5.00. The van der Waals surface area contributed by atoms with Crippen LogP contribution >= 0.6 is 0 Å². The van der Waals surface area contributed by atoms with Crippen LogP contribution in [0.2, 0.25) is 0 Å². The monoisotopic (exact) mass is 472 g/mol. The van der Waals surface area contributed by atoms with Gasteiger partial charge in [0.15, 0.2) is 5.72 Å². The second-order valence-electron chi connectivity index (χ2n) is 8.95. The van der Waals surface area contributed by atoms with Gasteiger partial charge in [-0.25, -0.2) is 4.79 Å². The van der Waals surface area contributed by atoms with E-state index in [1.54, 1.807) is 23.1 Å². The third-order valence-corrected chi connectivity index (χ3v) is 6.76. The number of urea groups is 1. The molecule has 0 spiro atoms. The molecule has 3 amide bonds. The number of hydrogen-bond acceptors (Lipinski definition) is 5. The van der Waals surface area contributed by atoms with E-state index in [4.69, 9.17) is 14.2 Å². The highest BCUT2D eigenvalue weighted by atomic mass is 16.5. The van der Waals surface area contributed by atoms with Crippen LogP contribution in [-0.4, -0.2) is 36.8 Å². The first-order chi connectivity index (χ1) is 16.9. The van der Waals surface area contributed by atoms with E-state index in [9.17, 15) is 9.59 Å². The number of anilines is 1. The summed E-state index contributed by atoms with van der Waals surface area (Å²) in [5.41, 5.74) is 1.95. The van der Waals surface area contributed by atoms with E-state index in [1.165, 1.54) is 19.1 Å². The summed E-state index contributed by atoms with van der Waals surface area (Å²) in [6.45, 7) is 3.97. The number of benzene rings is 3. The molecular weight excluding hydrogens is 444 g/mol. The first kappa shape index (κ1) is 22.8. The lowest BCUT2D eigenvalue weighted by Crippen LogP contribution is -2.67. The van der Waals surface area contributed by atoms with Gasteiger partial charge in [-0.3, -0.25) is 14.6 Å². The Hall–Kier alpha value is -4.00. The van der Waals surface area contributed by atoms with E-state index in [-0.39, 0.29) is 0 Å². The SMILES string of the molecule is CCc1cccc(N2C(=O)N(C(=O)c3cc(OC)cc(OC)c3)[C@@H]3C[C@]2(C)Oc2ccccc23)c1. The maximum Gasteiger partial charge on any atom is 0.335 e. The Balaban J connectivity index is 1.67. The van der Waals surface area contributed by atoms with Crippen molar-refractivity contribution >= 4 is 17.6 Å². The van der Waals surface area contributed by atoms with Crippen molar-refractivity contribution < 1.29 is 23.8 Å². The number of hydrogen-bond donors (Lipinski definition) is 0. The Labute approximate surface area is 204 Å². The standard InChI is InChI=1S/C28H28N2O5/c1-5-18-9-8-10-20(13-18)30-27(32)29(26(31)19-14-21(33-3)16-22(15-19)34-4)24-17-28(30,2)35-25-12-7-6-11-23(24)25/h6-16,24H,5,17H2,1-4H3/t24-,28+/m1/s1. The maximum atomic E-state index is 14.2. The predicted octanol–water partition coefficient (Wildman–Crippen LogP) is 5.59. The van der Waals surface area contributed by atoms with Gasteiger partial charge in [-0.05, 0) is 49.2 Å². The lowest BCUT2D eigenvalue weighted by Gasteiger charge is -2.53. The van der Waals surface area contributed by atoms with Crippen LogP contribution in [0, 0.1) is 0 Å². The molecule has 2 atom stereocenters. The molecule has 2 heterocycles. The summed E-state index contributed by atoms with van der Waals surface area (Å²) in [5.74, 6) is 1.19. The largest absolute Gasteiger partial charge is 0.497 e. The van der Waals surface area contributed by atoms with E-state index in [0.717, 1.165) is 17.5 Å². The fourth-order valence-electron chi connectivity index (χ4n) is 5.00. The van der Waals surface area contributed by atoms with E-state index in [2.05, 4.69) is 6.92 Å². The van der Waals surface area contributed by atoms with Crippen molar-refractivity contribution in [2.75, 3.05) is 19.1 Å². The summed E-state index contributed by atoms with van der Waals surface area (Å²) >= 11 is 0. The summed E-state index contributed by atoms with van der Waals surface area (Å²) in [6.07, 6.45) is 1.25. The highest BCUT2D eigenvalue weighted by molar-refractivity contribution is 6.10. The van der Waals surface area contributed by atoms with Gasteiger partial charge in [0.2, 0.25) is 0 Å². The Morgan fingerprint density at radius 1 is 1.03 bits per heavy atom. The smallest absolute Gasteiger partial charge is 0.335 e. The van der Waals surface area contributed by atoms with Crippen molar-refractivity contribution in [2.45, 2.75) is 38.5 Å². The van der Waals surface area contributed by atoms with E-state index < -0.39 is 23.7 Å². The zero-order valence-electron chi connectivity index (χ0n) is 20.3. The number of amides is 3. The highest BCUT2D eigenvalue weighted by Gasteiger charge is 2.55. The quantitative estimate of drug-likeness (QED) is 0.484. The number of ether oxygens (including phenoxy) is 3. The second-order valence-corrected chi connectivity index (χ2v) is 8.95. The van der Waals surface area contributed by atoms with E-state index in [1.807, 2.05) is 55.5 Å². The third kappa shape index (κ3) is 3.77. The lowest BCUT2D eigenvalue weighted by atomic mass is 9.88. The molecule has 2 bridgehead atoms. The molecule has 180 valence electrons. The molecule has 5 rings (SSSR count). The molecule has 7 heteroatoms. The van der Waals surface area contributed by atoms with Crippen LogP contribution < -0.4 is 19.1 Å². The molecule has 2 aliphatic heterocycles. The van der Waals surface area contributed by atoms with Gasteiger partial charge in [-0.1, -0.05) is 37.3 Å². The van der Waals surface area contributed by atoms with Gasteiger partial charge in [0.25, 0.3) is 5.91 Å². The van der Waals surface area contributed by atoms with Gasteiger partial charge in [0.05, 0.1) is 20.3 Å². The van der Waals surface area contributed by atoms with Gasteiger partial charge in [0.1, 0.15) is 17.2 Å². The highest BCUT2D eigenvalue weighted by Crippen LogP contribution is 2.49. The molecule has 0 N–H and O–H groups in total. The molecule has 7 nitrogen and oxygen atoms in total. The molecule has 3 aromatic carbocycles. The molecule has 1 fully saturated rings. The topological polar surface area (TPSA) is 68.3 Å². The minimum atomic E-state index is -0.953. The molecule has 0 saturated carbocycles. The summed E-state index contributed by atoms with van der Waals surface area (Å²) in [6, 6.07) is 19.4. The van der Waals surface area contributed by atoms with Crippen LogP contribution in [0.4, 0.5) is 10.5 Å². The number of imide groups is 1. The van der Waals surface area contributed by atoms with Crippen LogP contribution in [0.25, 0.3) is 0 Å². The Kier molecular flexibility index (Phi) is 5.63. The van der Waals surface area contributed by atoms with Gasteiger partial charge >= 0.3 is 6.03 Å². The predicted molar refractivity (Wildman–Crippen MR) is 132 cm³/mol. The normalized spacial score (nSPS) is 20.7. The number of carbonyl (C=O) groups is 2. The first-order valence-corrected chi connectivity index (χ1v) is 11.7. The molecule has 0 aromatic heterocycles. The molecule has 0 radical (unpaired) electrons. The molecule has 35 heavy (non-hydrogen) atoms. The van der Waals surface area contributed by atoms with Gasteiger partial charge in [-0.2, -0.15) is 0 Å². The summed E-state index contributed by atoms with van der Waals surface area (Å²) in [7, 11) is 3.05. The number of para-hydroxylation sites is 1. The van der Waals surface area contributed by atoms with Crippen LogP contribution in [0.1, 0.15) is 47.8 Å². The average Bonchev–Trinajstić information content (AvgIpc) is 2.87. The molecular formula is C28H28N2O5. The van der Waals surface area contributed by atoms with Crippen LogP contribution in [0.5, 0.6) is 17.2 Å². The molecule has 1 saturated heterocycles. The summed E-state index contributed by atoms with van der Waals surface area (Å²) in [5, 5.41) is 0. The number of rotatable bonds is 5. The van der Waals surface area contributed by atoms with Crippen molar-refractivity contribution in [2.24, 2.45) is 0 Å². The number of methoxy groups -OCH3 is 2. The van der Waals surface area contributed by atoms with Crippen LogP contribution in [-0.2, 0) is 6.42 Å². The third-order valence-electron chi connectivity index (χ3n) is 6.76. The van der Waals surface area contributed by atoms with Crippen molar-refractivity contribution in [3.8, 4) is 17.2 Å². The Morgan fingerprint density at radius 3 is 2.43 bits per heavy atom. The number of fused-ring (bicyclic) bond motifs is 4. The average molecular weight is 473 g/mol. The number of aryl methyl sites for hydroxylation is 1. The summed E-state index contributed by atoms with van der Waals surface area (Å²) < 4.78 is 17.2. The van der Waals surface area contributed by atoms with Crippen molar-refractivity contribution in [1.29, 1.82) is 0 Å². The Morgan fingerprint density at radius 2 is 1.74 bits per heavy atom. The van der Waals surface area contributed by atoms with Crippen molar-refractivity contribution in [3.63, 3.8) is 0 Å². The molecule has 3 aromatic rings. The Bertz CT molecular complexity index is 1280. The lowest BCUT2D eigenvalue weighted by molar-refractivity contribution is 0.00265. The maximum absolute atomic E-state index is 14.2. The molecule has 0 aliphatic carbocycles. The van der Waals surface area contributed by atoms with Crippen LogP contribution in [0.15, 0.2) is 66.7 Å². The minimum absolute atomic E-state index is 0.310. The number of nitrogens with zero attached hydrogens (tertiary/aromatic N) is 2. The zero-order valence-corrected chi connectivity index (χ0v) is 20.3. The minimum Gasteiger partial charge on any atom is -0.497 e.